The molecule has 2 saturated heterocycles. The van der Waals surface area contributed by atoms with Crippen LogP contribution in [0.5, 0.6) is 0 Å². The maximum atomic E-state index is 12.4. The number of carbonyl (C=O) groups excluding carboxylic acids is 2. The van der Waals surface area contributed by atoms with Crippen molar-refractivity contribution < 1.29 is 23.3 Å². The van der Waals surface area contributed by atoms with E-state index in [0.717, 1.165) is 6.42 Å². The van der Waals surface area contributed by atoms with E-state index in [2.05, 4.69) is 5.16 Å². The number of nitrogens with zero attached hydrogens (tertiary/aromatic N) is 2. The van der Waals surface area contributed by atoms with Crippen LogP contribution < -0.4 is 0 Å². The molecule has 0 N–H and O–H groups in total. The molecule has 0 unspecified atom stereocenters. The van der Waals surface area contributed by atoms with Crippen LogP contribution in [-0.2, 0) is 20.9 Å². The third kappa shape index (κ3) is 2.50. The standard InChI is InChI=1S/C16H16N2O5S/c1-16-5-4-14(19)18(16)11(9-24-16)15(20)22-8-10-7-13(23-17-10)12-3-2-6-21-12/h2-3,6-7,11H,4-5,8-9H2,1H3/t11-,16+/m1/s1. The largest absolute Gasteiger partial charge is 0.461 e. The van der Waals surface area contributed by atoms with Crippen molar-refractivity contribution in [1.29, 1.82) is 0 Å². The summed E-state index contributed by atoms with van der Waals surface area (Å²) in [6.45, 7) is 2.01. The molecule has 126 valence electrons. The Balaban J connectivity index is 1.40. The molecule has 0 aliphatic carbocycles. The third-order valence-corrected chi connectivity index (χ3v) is 5.91. The summed E-state index contributed by atoms with van der Waals surface area (Å²) in [5.74, 6) is 1.22. The highest BCUT2D eigenvalue weighted by Crippen LogP contribution is 2.47. The van der Waals surface area contributed by atoms with Gasteiger partial charge in [0, 0.05) is 18.2 Å². The van der Waals surface area contributed by atoms with E-state index in [1.165, 1.54) is 0 Å². The van der Waals surface area contributed by atoms with Crippen LogP contribution >= 0.6 is 11.8 Å². The van der Waals surface area contributed by atoms with Crippen LogP contribution in [0.4, 0.5) is 0 Å². The number of aromatic nitrogens is 1. The van der Waals surface area contributed by atoms with Gasteiger partial charge in [-0.15, -0.1) is 11.8 Å². The summed E-state index contributed by atoms with van der Waals surface area (Å²) in [5.41, 5.74) is 0.496. The first-order valence-corrected chi connectivity index (χ1v) is 8.68. The fourth-order valence-electron chi connectivity index (χ4n) is 3.15. The van der Waals surface area contributed by atoms with Crippen LogP contribution in [0.2, 0.25) is 0 Å². The van der Waals surface area contributed by atoms with E-state index >= 15 is 0 Å². The molecule has 2 aromatic heterocycles. The second-order valence-electron chi connectivity index (χ2n) is 6.03. The van der Waals surface area contributed by atoms with E-state index in [4.69, 9.17) is 13.7 Å². The summed E-state index contributed by atoms with van der Waals surface area (Å²) in [7, 11) is 0. The van der Waals surface area contributed by atoms with Crippen LogP contribution in [0.25, 0.3) is 11.5 Å². The van der Waals surface area contributed by atoms with Crippen molar-refractivity contribution in [2.45, 2.75) is 37.3 Å². The SMILES string of the molecule is C[C@]12CCC(=O)N1[C@@H](C(=O)OCc1cc(-c3ccco3)on1)CS2. The van der Waals surface area contributed by atoms with Crippen molar-refractivity contribution in [3.63, 3.8) is 0 Å². The van der Waals surface area contributed by atoms with Crippen molar-refractivity contribution in [2.75, 3.05) is 5.75 Å². The number of rotatable bonds is 4. The summed E-state index contributed by atoms with van der Waals surface area (Å²) in [5, 5.41) is 3.87. The molecule has 4 heterocycles. The zero-order valence-corrected chi connectivity index (χ0v) is 13.9. The normalized spacial score (nSPS) is 26.0. The highest BCUT2D eigenvalue weighted by molar-refractivity contribution is 8.01. The molecular weight excluding hydrogens is 332 g/mol. The average molecular weight is 348 g/mol. The highest BCUT2D eigenvalue weighted by Gasteiger charge is 2.53. The summed E-state index contributed by atoms with van der Waals surface area (Å²) in [4.78, 5) is 25.8. The van der Waals surface area contributed by atoms with Gasteiger partial charge in [-0.1, -0.05) is 5.16 Å². The van der Waals surface area contributed by atoms with Gasteiger partial charge in [0.05, 0.1) is 11.1 Å². The lowest BCUT2D eigenvalue weighted by Crippen LogP contribution is -2.46. The van der Waals surface area contributed by atoms with Crippen molar-refractivity contribution in [1.82, 2.24) is 10.1 Å². The summed E-state index contributed by atoms with van der Waals surface area (Å²) >= 11 is 1.64. The van der Waals surface area contributed by atoms with Crippen molar-refractivity contribution in [3.05, 3.63) is 30.2 Å². The Kier molecular flexibility index (Phi) is 3.64. The first-order chi connectivity index (χ1) is 11.6. The number of hydrogen-bond acceptors (Lipinski definition) is 7. The second-order valence-corrected chi connectivity index (χ2v) is 7.53. The molecular formula is C16H16N2O5S. The minimum Gasteiger partial charge on any atom is -0.461 e. The van der Waals surface area contributed by atoms with Gasteiger partial charge in [0.2, 0.25) is 11.7 Å². The molecule has 2 atom stereocenters. The Labute approximate surface area is 142 Å². The molecule has 0 saturated carbocycles. The van der Waals surface area contributed by atoms with E-state index in [1.807, 2.05) is 6.92 Å². The molecule has 0 radical (unpaired) electrons. The van der Waals surface area contributed by atoms with E-state index in [1.54, 1.807) is 41.1 Å². The van der Waals surface area contributed by atoms with Crippen LogP contribution in [0.1, 0.15) is 25.5 Å². The maximum Gasteiger partial charge on any atom is 0.330 e. The number of amides is 1. The number of esters is 1. The number of ether oxygens (including phenoxy) is 1. The molecule has 0 bridgehead atoms. The van der Waals surface area contributed by atoms with Crippen LogP contribution in [0, 0.1) is 0 Å². The van der Waals surface area contributed by atoms with Gasteiger partial charge in [-0.2, -0.15) is 0 Å². The van der Waals surface area contributed by atoms with Crippen molar-refractivity contribution in [2.24, 2.45) is 0 Å². The highest BCUT2D eigenvalue weighted by atomic mass is 32.2. The smallest absolute Gasteiger partial charge is 0.330 e. The van der Waals surface area contributed by atoms with Gasteiger partial charge in [-0.05, 0) is 25.5 Å². The molecule has 7 nitrogen and oxygen atoms in total. The Hall–Kier alpha value is -2.22. The fraction of sp³-hybridized carbons (Fsp3) is 0.438. The Bertz CT molecular complexity index is 771. The number of furan rings is 1. The summed E-state index contributed by atoms with van der Waals surface area (Å²) in [6.07, 6.45) is 2.80. The van der Waals surface area contributed by atoms with E-state index in [9.17, 15) is 9.59 Å². The molecule has 2 aliphatic heterocycles. The predicted molar refractivity (Wildman–Crippen MR) is 84.7 cm³/mol. The monoisotopic (exact) mass is 348 g/mol. The summed E-state index contributed by atoms with van der Waals surface area (Å²) in [6, 6.07) is 4.65. The molecule has 1 amide bonds. The predicted octanol–water partition coefficient (Wildman–Crippen LogP) is 2.43. The van der Waals surface area contributed by atoms with Gasteiger partial charge < -0.3 is 18.6 Å². The van der Waals surface area contributed by atoms with E-state index < -0.39 is 12.0 Å². The van der Waals surface area contributed by atoms with Gasteiger partial charge in [0.1, 0.15) is 18.3 Å². The quantitative estimate of drug-likeness (QED) is 0.784. The van der Waals surface area contributed by atoms with Gasteiger partial charge in [0.25, 0.3) is 0 Å². The number of fused-ring (bicyclic) bond motifs is 1. The van der Waals surface area contributed by atoms with Gasteiger partial charge in [-0.3, -0.25) is 4.79 Å². The van der Waals surface area contributed by atoms with E-state index in [-0.39, 0.29) is 17.4 Å². The molecule has 2 aliphatic rings. The molecule has 4 rings (SSSR count). The maximum absolute atomic E-state index is 12.4. The Morgan fingerprint density at radius 1 is 1.54 bits per heavy atom. The zero-order valence-electron chi connectivity index (χ0n) is 13.1. The van der Waals surface area contributed by atoms with E-state index in [0.29, 0.717) is 29.4 Å². The molecule has 0 aromatic carbocycles. The number of carbonyl (C=O) groups is 2. The van der Waals surface area contributed by atoms with Crippen LogP contribution in [0.3, 0.4) is 0 Å². The van der Waals surface area contributed by atoms with Crippen molar-refractivity contribution in [3.8, 4) is 11.5 Å². The lowest BCUT2D eigenvalue weighted by Gasteiger charge is -2.29. The lowest BCUT2D eigenvalue weighted by molar-refractivity contribution is -0.154. The minimum atomic E-state index is -0.522. The molecule has 24 heavy (non-hydrogen) atoms. The third-order valence-electron chi connectivity index (χ3n) is 4.40. The number of hydrogen-bond donors (Lipinski definition) is 0. The Morgan fingerprint density at radius 3 is 3.21 bits per heavy atom. The fourth-order valence-corrected chi connectivity index (χ4v) is 4.57. The average Bonchev–Trinajstić information content (AvgIpc) is 3.31. The first kappa shape index (κ1) is 15.3. The van der Waals surface area contributed by atoms with Gasteiger partial charge in [0.15, 0.2) is 5.76 Å². The first-order valence-electron chi connectivity index (χ1n) is 7.69. The second kappa shape index (κ2) is 5.70. The topological polar surface area (TPSA) is 85.8 Å². The van der Waals surface area contributed by atoms with Crippen LogP contribution in [0.15, 0.2) is 33.4 Å². The Morgan fingerprint density at radius 2 is 2.42 bits per heavy atom. The number of thioether (sulfide) groups is 1. The zero-order chi connectivity index (χ0) is 16.7. The molecule has 8 heteroatoms. The lowest BCUT2D eigenvalue weighted by atomic mass is 10.2. The van der Waals surface area contributed by atoms with Gasteiger partial charge in [-0.25, -0.2) is 4.79 Å². The van der Waals surface area contributed by atoms with Gasteiger partial charge >= 0.3 is 5.97 Å². The molecule has 2 fully saturated rings. The van der Waals surface area contributed by atoms with Crippen LogP contribution in [-0.4, -0.2) is 38.6 Å². The minimum absolute atomic E-state index is 0.00293. The van der Waals surface area contributed by atoms with Crippen molar-refractivity contribution >= 4 is 23.6 Å². The molecule has 0 spiro atoms. The molecule has 2 aromatic rings. The summed E-state index contributed by atoms with van der Waals surface area (Å²) < 4.78 is 15.7.